The molecule has 0 radical (unpaired) electrons. The van der Waals surface area contributed by atoms with Crippen LogP contribution in [0, 0.1) is 6.92 Å². The lowest BCUT2D eigenvalue weighted by atomic mass is 9.97. The van der Waals surface area contributed by atoms with Crippen LogP contribution in [0.5, 0.6) is 5.75 Å². The zero-order valence-corrected chi connectivity index (χ0v) is 23.4. The van der Waals surface area contributed by atoms with Crippen LogP contribution < -0.4 is 10.1 Å². The van der Waals surface area contributed by atoms with Crippen molar-refractivity contribution in [1.29, 1.82) is 0 Å². The molecule has 212 valence electrons. The van der Waals surface area contributed by atoms with Crippen molar-refractivity contribution in [3.05, 3.63) is 35.7 Å². The van der Waals surface area contributed by atoms with Crippen molar-refractivity contribution in [2.45, 2.75) is 76.2 Å². The number of esters is 3. The summed E-state index contributed by atoms with van der Waals surface area (Å²) >= 11 is 1.10. The minimum Gasteiger partial charge on any atom is -0.486 e. The molecule has 1 aromatic carbocycles. The molecule has 0 aliphatic carbocycles. The monoisotopic (exact) mass is 564 g/mol. The van der Waals surface area contributed by atoms with Gasteiger partial charge < -0.3 is 33.6 Å². The van der Waals surface area contributed by atoms with Crippen molar-refractivity contribution in [2.24, 2.45) is 7.05 Å². The number of aryl methyl sites for hydroxylation is 1. The Morgan fingerprint density at radius 1 is 0.974 bits per heavy atom. The van der Waals surface area contributed by atoms with Crippen molar-refractivity contribution in [3.8, 4) is 5.75 Å². The SMILES string of the molecule is CC(=O)N[C@H]1[C@@H](OC(C)=O)[C@@H](OC(C)=O)[C@@H](COC(C)=O)O[C@H]1Sc1nnc(COc2ccc(C)cc2)n1C. The first-order valence-corrected chi connectivity index (χ1v) is 13.0. The third kappa shape index (κ3) is 8.42. The molecule has 1 aliphatic heterocycles. The summed E-state index contributed by atoms with van der Waals surface area (Å²) in [5.74, 6) is -1.16. The van der Waals surface area contributed by atoms with Gasteiger partial charge in [0, 0.05) is 34.7 Å². The van der Waals surface area contributed by atoms with E-state index in [4.69, 9.17) is 23.7 Å². The molecular weight excluding hydrogens is 532 g/mol. The van der Waals surface area contributed by atoms with Crippen LogP contribution in [0.4, 0.5) is 0 Å². The second-order valence-corrected chi connectivity index (χ2v) is 9.96. The molecule has 1 fully saturated rings. The number of nitrogens with zero attached hydrogens (tertiary/aromatic N) is 3. The van der Waals surface area contributed by atoms with E-state index in [0.717, 1.165) is 17.3 Å². The first-order chi connectivity index (χ1) is 18.4. The number of hydrogen-bond acceptors (Lipinski definition) is 12. The highest BCUT2D eigenvalue weighted by molar-refractivity contribution is 7.99. The standard InChI is InChI=1S/C25H32N4O9S/c1-13-7-9-18(10-8-13)35-12-20-27-28-25(29(20)6)39-24-21(26-14(2)30)23(37-17(5)33)22(36-16(4)32)19(38-24)11-34-15(3)31/h7-10,19,21-24H,11-12H2,1-6H3,(H,26,30)/t19-,21+,22+,23-,24+/m1/s1. The molecule has 0 saturated carbocycles. The number of aromatic nitrogens is 3. The number of benzene rings is 1. The highest BCUT2D eigenvalue weighted by Crippen LogP contribution is 2.35. The van der Waals surface area contributed by atoms with Crippen LogP contribution in [0.25, 0.3) is 0 Å². The highest BCUT2D eigenvalue weighted by atomic mass is 32.2. The molecular formula is C25H32N4O9S. The number of amides is 1. The molecule has 13 nitrogen and oxygen atoms in total. The van der Waals surface area contributed by atoms with E-state index < -0.39 is 53.6 Å². The molecule has 1 amide bonds. The Bertz CT molecular complexity index is 1190. The van der Waals surface area contributed by atoms with Gasteiger partial charge in [0.05, 0.1) is 0 Å². The Labute approximate surface area is 229 Å². The Kier molecular flexibility index (Phi) is 10.3. The lowest BCUT2D eigenvalue weighted by molar-refractivity contribution is -0.211. The molecule has 2 heterocycles. The predicted molar refractivity (Wildman–Crippen MR) is 136 cm³/mol. The molecule has 0 unspecified atom stereocenters. The molecule has 39 heavy (non-hydrogen) atoms. The first kappa shape index (κ1) is 29.9. The van der Waals surface area contributed by atoms with Gasteiger partial charge in [0.1, 0.15) is 36.5 Å². The molecule has 1 N–H and O–H groups in total. The zero-order chi connectivity index (χ0) is 28.7. The number of thioether (sulfide) groups is 1. The molecule has 2 aromatic rings. The van der Waals surface area contributed by atoms with Gasteiger partial charge in [0.25, 0.3) is 0 Å². The van der Waals surface area contributed by atoms with E-state index in [1.807, 2.05) is 31.2 Å². The fraction of sp³-hybridized carbons (Fsp3) is 0.520. The van der Waals surface area contributed by atoms with Crippen LogP contribution in [-0.2, 0) is 51.8 Å². The van der Waals surface area contributed by atoms with Gasteiger partial charge in [-0.1, -0.05) is 29.5 Å². The fourth-order valence-corrected chi connectivity index (χ4v) is 4.98. The van der Waals surface area contributed by atoms with Crippen LogP contribution in [0.1, 0.15) is 39.1 Å². The summed E-state index contributed by atoms with van der Waals surface area (Å²) in [5, 5.41) is 11.6. The van der Waals surface area contributed by atoms with Crippen molar-refractivity contribution < 1.29 is 42.9 Å². The van der Waals surface area contributed by atoms with E-state index in [1.54, 1.807) is 11.6 Å². The van der Waals surface area contributed by atoms with E-state index in [1.165, 1.54) is 27.7 Å². The number of ether oxygens (including phenoxy) is 5. The van der Waals surface area contributed by atoms with Gasteiger partial charge in [-0.25, -0.2) is 0 Å². The molecule has 0 spiro atoms. The van der Waals surface area contributed by atoms with E-state index in [0.29, 0.717) is 16.7 Å². The van der Waals surface area contributed by atoms with Crippen LogP contribution in [0.2, 0.25) is 0 Å². The zero-order valence-electron chi connectivity index (χ0n) is 22.5. The minimum atomic E-state index is -1.17. The van der Waals surface area contributed by atoms with Crippen molar-refractivity contribution in [2.75, 3.05) is 6.61 Å². The minimum absolute atomic E-state index is 0.146. The van der Waals surface area contributed by atoms with Gasteiger partial charge in [-0.2, -0.15) is 0 Å². The smallest absolute Gasteiger partial charge is 0.303 e. The van der Waals surface area contributed by atoms with Crippen molar-refractivity contribution >= 4 is 35.6 Å². The summed E-state index contributed by atoms with van der Waals surface area (Å²) in [7, 11) is 1.74. The number of carbonyl (C=O) groups excluding carboxylic acids is 4. The van der Waals surface area contributed by atoms with E-state index in [-0.39, 0.29) is 13.2 Å². The fourth-order valence-electron chi connectivity index (χ4n) is 3.85. The number of hydrogen-bond donors (Lipinski definition) is 1. The van der Waals surface area contributed by atoms with Crippen LogP contribution in [0.15, 0.2) is 29.4 Å². The van der Waals surface area contributed by atoms with Gasteiger partial charge >= 0.3 is 17.9 Å². The number of carbonyl (C=O) groups is 4. The molecule has 0 bridgehead atoms. The van der Waals surface area contributed by atoms with Crippen LogP contribution in [-0.4, -0.2) is 75.0 Å². The van der Waals surface area contributed by atoms with Crippen LogP contribution >= 0.6 is 11.8 Å². The molecule has 3 rings (SSSR count). The predicted octanol–water partition coefficient (Wildman–Crippen LogP) is 1.45. The normalized spacial score (nSPS) is 22.5. The van der Waals surface area contributed by atoms with Gasteiger partial charge in [-0.3, -0.25) is 19.2 Å². The topological polar surface area (TPSA) is 157 Å². The van der Waals surface area contributed by atoms with E-state index in [2.05, 4.69) is 15.5 Å². The van der Waals surface area contributed by atoms with E-state index >= 15 is 0 Å². The molecule has 1 aliphatic rings. The van der Waals surface area contributed by atoms with Gasteiger partial charge in [0.15, 0.2) is 23.2 Å². The van der Waals surface area contributed by atoms with Crippen molar-refractivity contribution in [1.82, 2.24) is 20.1 Å². The van der Waals surface area contributed by atoms with E-state index in [9.17, 15) is 19.2 Å². The Morgan fingerprint density at radius 3 is 2.21 bits per heavy atom. The van der Waals surface area contributed by atoms with Gasteiger partial charge in [-0.15, -0.1) is 10.2 Å². The van der Waals surface area contributed by atoms with Crippen LogP contribution in [0.3, 0.4) is 0 Å². The molecule has 1 saturated heterocycles. The van der Waals surface area contributed by atoms with Gasteiger partial charge in [-0.05, 0) is 19.1 Å². The van der Waals surface area contributed by atoms with Gasteiger partial charge in [0.2, 0.25) is 5.91 Å². The average molecular weight is 565 g/mol. The Morgan fingerprint density at radius 2 is 1.62 bits per heavy atom. The number of rotatable bonds is 10. The third-order valence-electron chi connectivity index (χ3n) is 5.61. The summed E-state index contributed by atoms with van der Waals surface area (Å²) in [5.41, 5.74) is 0.204. The summed E-state index contributed by atoms with van der Waals surface area (Å²) in [4.78, 5) is 47.6. The largest absolute Gasteiger partial charge is 0.486 e. The summed E-state index contributed by atoms with van der Waals surface area (Å²) < 4.78 is 29.8. The lowest BCUT2D eigenvalue weighted by Gasteiger charge is -2.44. The second kappa shape index (κ2) is 13.4. The lowest BCUT2D eigenvalue weighted by Crippen LogP contribution is -2.65. The Hall–Kier alpha value is -3.65. The average Bonchev–Trinajstić information content (AvgIpc) is 3.19. The number of nitrogens with one attached hydrogen (secondary N) is 1. The maximum absolute atomic E-state index is 12.1. The summed E-state index contributed by atoms with van der Waals surface area (Å²) in [6.07, 6.45) is -3.33. The molecule has 14 heteroatoms. The molecule has 5 atom stereocenters. The summed E-state index contributed by atoms with van der Waals surface area (Å²) in [6.45, 7) is 6.73. The Balaban J connectivity index is 1.88. The second-order valence-electron chi connectivity index (χ2n) is 8.90. The third-order valence-corrected chi connectivity index (χ3v) is 6.81. The maximum Gasteiger partial charge on any atom is 0.303 e. The molecule has 1 aromatic heterocycles. The maximum atomic E-state index is 12.1. The summed E-state index contributed by atoms with van der Waals surface area (Å²) in [6, 6.07) is 6.62. The van der Waals surface area contributed by atoms with Crippen molar-refractivity contribution in [3.63, 3.8) is 0 Å². The highest BCUT2D eigenvalue weighted by Gasteiger charge is 2.51. The quantitative estimate of drug-likeness (QED) is 0.328. The first-order valence-electron chi connectivity index (χ1n) is 12.1.